The minimum Gasteiger partial charge on any atom is -0.314 e. The highest BCUT2D eigenvalue weighted by molar-refractivity contribution is 4.86. The molecule has 112 valence electrons. The fourth-order valence-electron chi connectivity index (χ4n) is 3.71. The molecule has 1 N–H and O–H groups in total. The summed E-state index contributed by atoms with van der Waals surface area (Å²) in [6, 6.07) is 1.53. The van der Waals surface area contributed by atoms with Crippen LogP contribution in [0.1, 0.15) is 46.5 Å². The molecular weight excluding hydrogens is 234 g/mol. The molecule has 0 saturated carbocycles. The molecule has 2 rings (SSSR count). The number of nitrogens with zero attached hydrogens (tertiary/aromatic N) is 2. The molecule has 0 amide bonds. The Morgan fingerprint density at radius 2 is 2.00 bits per heavy atom. The Morgan fingerprint density at radius 1 is 1.16 bits per heavy atom. The largest absolute Gasteiger partial charge is 0.314 e. The van der Waals surface area contributed by atoms with Gasteiger partial charge in [0.2, 0.25) is 0 Å². The lowest BCUT2D eigenvalue weighted by Crippen LogP contribution is -2.49. The van der Waals surface area contributed by atoms with E-state index in [1.54, 1.807) is 0 Å². The molecule has 2 heterocycles. The molecular formula is C16H33N3. The highest BCUT2D eigenvalue weighted by Crippen LogP contribution is 2.22. The Labute approximate surface area is 119 Å². The molecule has 0 aliphatic carbocycles. The Bertz CT molecular complexity index is 256. The first-order chi connectivity index (χ1) is 9.22. The van der Waals surface area contributed by atoms with Gasteiger partial charge in [-0.2, -0.15) is 0 Å². The zero-order chi connectivity index (χ0) is 13.7. The van der Waals surface area contributed by atoms with Crippen LogP contribution in [0.3, 0.4) is 0 Å². The van der Waals surface area contributed by atoms with Crippen molar-refractivity contribution in [3.63, 3.8) is 0 Å². The number of piperidine rings is 1. The van der Waals surface area contributed by atoms with Gasteiger partial charge in [-0.3, -0.25) is 0 Å². The quantitative estimate of drug-likeness (QED) is 0.796. The van der Waals surface area contributed by atoms with Gasteiger partial charge in [-0.25, -0.2) is 0 Å². The standard InChI is InChI=1S/C16H33N3/c1-4-8-17-16-7-10-19(14(3)11-16)13-15-6-9-18(5-2)12-15/h14-17H,4-13H2,1-3H3. The van der Waals surface area contributed by atoms with Crippen molar-refractivity contribution in [1.29, 1.82) is 0 Å². The van der Waals surface area contributed by atoms with Gasteiger partial charge in [0.25, 0.3) is 0 Å². The van der Waals surface area contributed by atoms with Gasteiger partial charge in [-0.1, -0.05) is 13.8 Å². The zero-order valence-electron chi connectivity index (χ0n) is 13.2. The van der Waals surface area contributed by atoms with E-state index >= 15 is 0 Å². The molecule has 0 radical (unpaired) electrons. The minimum atomic E-state index is 0.763. The third-order valence-electron chi connectivity index (χ3n) is 5.01. The second kappa shape index (κ2) is 7.61. The van der Waals surface area contributed by atoms with Gasteiger partial charge in [0, 0.05) is 25.2 Å². The molecule has 19 heavy (non-hydrogen) atoms. The van der Waals surface area contributed by atoms with Gasteiger partial charge in [0.15, 0.2) is 0 Å². The van der Waals surface area contributed by atoms with E-state index in [1.165, 1.54) is 65.0 Å². The highest BCUT2D eigenvalue weighted by atomic mass is 15.2. The van der Waals surface area contributed by atoms with E-state index in [4.69, 9.17) is 0 Å². The normalized spacial score (nSPS) is 33.9. The van der Waals surface area contributed by atoms with Crippen molar-refractivity contribution >= 4 is 0 Å². The van der Waals surface area contributed by atoms with Crippen LogP contribution in [-0.2, 0) is 0 Å². The van der Waals surface area contributed by atoms with Crippen molar-refractivity contribution in [2.75, 3.05) is 39.3 Å². The molecule has 0 aromatic rings. The van der Waals surface area contributed by atoms with Gasteiger partial charge >= 0.3 is 0 Å². The van der Waals surface area contributed by atoms with Gasteiger partial charge in [-0.15, -0.1) is 0 Å². The number of rotatable bonds is 6. The van der Waals surface area contributed by atoms with Crippen LogP contribution in [0.4, 0.5) is 0 Å². The Kier molecular flexibility index (Phi) is 6.11. The summed E-state index contributed by atoms with van der Waals surface area (Å²) in [7, 11) is 0. The lowest BCUT2D eigenvalue weighted by molar-refractivity contribution is 0.116. The van der Waals surface area contributed by atoms with Crippen LogP contribution in [0.15, 0.2) is 0 Å². The first kappa shape index (κ1) is 15.3. The molecule has 0 bridgehead atoms. The third-order valence-corrected chi connectivity index (χ3v) is 5.01. The summed E-state index contributed by atoms with van der Waals surface area (Å²) < 4.78 is 0. The monoisotopic (exact) mass is 267 g/mol. The van der Waals surface area contributed by atoms with E-state index in [1.807, 2.05) is 0 Å². The molecule has 2 saturated heterocycles. The molecule has 2 fully saturated rings. The number of likely N-dealkylation sites (tertiary alicyclic amines) is 2. The summed E-state index contributed by atoms with van der Waals surface area (Å²) in [5.74, 6) is 0.919. The number of nitrogens with one attached hydrogen (secondary N) is 1. The fraction of sp³-hybridized carbons (Fsp3) is 1.00. The summed E-state index contributed by atoms with van der Waals surface area (Å²) in [4.78, 5) is 5.35. The predicted octanol–water partition coefficient (Wildman–Crippen LogP) is 2.18. The first-order valence-electron chi connectivity index (χ1n) is 8.42. The molecule has 0 aromatic carbocycles. The molecule has 2 aliphatic rings. The summed E-state index contributed by atoms with van der Waals surface area (Å²) in [6.45, 7) is 14.7. The summed E-state index contributed by atoms with van der Waals surface area (Å²) in [6.07, 6.45) is 5.34. The van der Waals surface area contributed by atoms with Crippen molar-refractivity contribution in [2.24, 2.45) is 5.92 Å². The van der Waals surface area contributed by atoms with Crippen LogP contribution in [0.5, 0.6) is 0 Å². The van der Waals surface area contributed by atoms with Crippen LogP contribution in [-0.4, -0.2) is 61.2 Å². The maximum absolute atomic E-state index is 3.70. The first-order valence-corrected chi connectivity index (χ1v) is 8.42. The summed E-state index contributed by atoms with van der Waals surface area (Å²) >= 11 is 0. The SMILES string of the molecule is CCCNC1CCN(CC2CCN(CC)C2)C(C)C1. The lowest BCUT2D eigenvalue weighted by atomic mass is 9.96. The Hall–Kier alpha value is -0.120. The van der Waals surface area contributed by atoms with Gasteiger partial charge in [-0.05, 0) is 64.7 Å². The van der Waals surface area contributed by atoms with Crippen molar-refractivity contribution in [3.8, 4) is 0 Å². The average molecular weight is 267 g/mol. The highest BCUT2D eigenvalue weighted by Gasteiger charge is 2.29. The van der Waals surface area contributed by atoms with Gasteiger partial charge < -0.3 is 15.1 Å². The minimum absolute atomic E-state index is 0.763. The van der Waals surface area contributed by atoms with Crippen LogP contribution in [0.2, 0.25) is 0 Å². The van der Waals surface area contributed by atoms with Crippen molar-refractivity contribution in [3.05, 3.63) is 0 Å². The van der Waals surface area contributed by atoms with Crippen molar-refractivity contribution in [2.45, 2.75) is 58.5 Å². The molecule has 3 nitrogen and oxygen atoms in total. The molecule has 3 heteroatoms. The molecule has 3 unspecified atom stereocenters. The molecule has 0 spiro atoms. The van der Waals surface area contributed by atoms with E-state index in [9.17, 15) is 0 Å². The lowest BCUT2D eigenvalue weighted by Gasteiger charge is -2.39. The fourth-order valence-corrected chi connectivity index (χ4v) is 3.71. The van der Waals surface area contributed by atoms with E-state index in [0.29, 0.717) is 0 Å². The Balaban J connectivity index is 1.71. The average Bonchev–Trinajstić information content (AvgIpc) is 2.87. The molecule has 0 aromatic heterocycles. The van der Waals surface area contributed by atoms with E-state index in [-0.39, 0.29) is 0 Å². The topological polar surface area (TPSA) is 18.5 Å². The molecule has 3 atom stereocenters. The van der Waals surface area contributed by atoms with E-state index in [2.05, 4.69) is 35.9 Å². The maximum atomic E-state index is 3.70. The second-order valence-corrected chi connectivity index (χ2v) is 6.57. The van der Waals surface area contributed by atoms with E-state index in [0.717, 1.165) is 18.0 Å². The van der Waals surface area contributed by atoms with Gasteiger partial charge in [0.1, 0.15) is 0 Å². The third kappa shape index (κ3) is 4.44. The predicted molar refractivity (Wildman–Crippen MR) is 82.6 cm³/mol. The maximum Gasteiger partial charge on any atom is 0.00940 e. The van der Waals surface area contributed by atoms with Gasteiger partial charge in [0.05, 0.1) is 0 Å². The smallest absolute Gasteiger partial charge is 0.00940 e. The van der Waals surface area contributed by atoms with Crippen LogP contribution < -0.4 is 5.32 Å². The number of hydrogen-bond acceptors (Lipinski definition) is 3. The summed E-state index contributed by atoms with van der Waals surface area (Å²) in [5.41, 5.74) is 0. The zero-order valence-corrected chi connectivity index (χ0v) is 13.2. The van der Waals surface area contributed by atoms with E-state index < -0.39 is 0 Å². The Morgan fingerprint density at radius 3 is 2.63 bits per heavy atom. The van der Waals surface area contributed by atoms with Crippen LogP contribution in [0, 0.1) is 5.92 Å². The second-order valence-electron chi connectivity index (χ2n) is 6.57. The molecule has 2 aliphatic heterocycles. The number of hydrogen-bond donors (Lipinski definition) is 1. The van der Waals surface area contributed by atoms with Crippen LogP contribution in [0.25, 0.3) is 0 Å². The van der Waals surface area contributed by atoms with Crippen molar-refractivity contribution < 1.29 is 0 Å². The van der Waals surface area contributed by atoms with Crippen molar-refractivity contribution in [1.82, 2.24) is 15.1 Å². The summed E-state index contributed by atoms with van der Waals surface area (Å²) in [5, 5.41) is 3.70. The van der Waals surface area contributed by atoms with Crippen LogP contribution >= 0.6 is 0 Å².